The molecule has 0 saturated carbocycles. The minimum atomic E-state index is 0.745. The highest BCUT2D eigenvalue weighted by molar-refractivity contribution is 9.28. The average molecular weight is 300 g/mol. The Kier molecular flexibility index (Phi) is 8.72. The second-order valence-corrected chi connectivity index (χ2v) is 5.56. The molecule has 72 valence electrons. The van der Waals surface area contributed by atoms with Gasteiger partial charge in [0, 0.05) is 13.7 Å². The maximum absolute atomic E-state index is 5.04. The van der Waals surface area contributed by atoms with Gasteiger partial charge in [-0.15, -0.1) is 0 Å². The molecule has 1 nitrogen and oxygen atoms in total. The van der Waals surface area contributed by atoms with Gasteiger partial charge in [0.2, 0.25) is 0 Å². The van der Waals surface area contributed by atoms with Crippen LogP contribution in [0.25, 0.3) is 0 Å². The number of ether oxygens (including phenoxy) is 1. The van der Waals surface area contributed by atoms with Crippen LogP contribution < -0.4 is 0 Å². The van der Waals surface area contributed by atoms with Gasteiger partial charge < -0.3 is 4.74 Å². The number of allylic oxidation sites excluding steroid dienone is 1. The lowest BCUT2D eigenvalue weighted by molar-refractivity contribution is 0.176. The van der Waals surface area contributed by atoms with E-state index in [0.29, 0.717) is 0 Å². The van der Waals surface area contributed by atoms with Crippen molar-refractivity contribution in [2.75, 3.05) is 13.7 Å². The van der Waals surface area contributed by atoms with E-state index in [4.69, 9.17) is 4.74 Å². The lowest BCUT2D eigenvalue weighted by atomic mass is 9.99. The monoisotopic (exact) mass is 298 g/mol. The van der Waals surface area contributed by atoms with Gasteiger partial charge in [-0.05, 0) is 50.6 Å². The second kappa shape index (κ2) is 8.27. The van der Waals surface area contributed by atoms with Gasteiger partial charge in [-0.1, -0.05) is 19.4 Å². The topological polar surface area (TPSA) is 9.23 Å². The van der Waals surface area contributed by atoms with Crippen LogP contribution >= 0.6 is 31.9 Å². The van der Waals surface area contributed by atoms with Gasteiger partial charge in [0.1, 0.15) is 0 Å². The summed E-state index contributed by atoms with van der Waals surface area (Å²) < 4.78 is 6.08. The molecule has 0 fully saturated rings. The van der Waals surface area contributed by atoms with E-state index in [2.05, 4.69) is 44.9 Å². The van der Waals surface area contributed by atoms with Crippen molar-refractivity contribution in [3.8, 4) is 0 Å². The Morgan fingerprint density at radius 3 is 2.58 bits per heavy atom. The quantitative estimate of drug-likeness (QED) is 0.718. The molecule has 1 unspecified atom stereocenters. The summed E-state index contributed by atoms with van der Waals surface area (Å²) in [6, 6.07) is 0. The van der Waals surface area contributed by atoms with Crippen molar-refractivity contribution in [2.45, 2.75) is 26.2 Å². The third kappa shape index (κ3) is 7.32. The SMILES string of the molecule is CCC(CC=C(Br)Br)CCOC. The zero-order valence-electron chi connectivity index (χ0n) is 7.65. The van der Waals surface area contributed by atoms with Crippen LogP contribution in [0.1, 0.15) is 26.2 Å². The van der Waals surface area contributed by atoms with Crippen LogP contribution in [0.2, 0.25) is 0 Å². The minimum Gasteiger partial charge on any atom is -0.385 e. The molecule has 0 rings (SSSR count). The number of halogens is 2. The fraction of sp³-hybridized carbons (Fsp3) is 0.778. The summed E-state index contributed by atoms with van der Waals surface area (Å²) in [4.78, 5) is 0. The van der Waals surface area contributed by atoms with Gasteiger partial charge in [-0.25, -0.2) is 0 Å². The van der Waals surface area contributed by atoms with E-state index in [-0.39, 0.29) is 0 Å². The Labute approximate surface area is 91.8 Å². The highest BCUT2D eigenvalue weighted by Gasteiger charge is 2.03. The normalized spacial score (nSPS) is 12.7. The molecule has 0 bridgehead atoms. The molecule has 0 aromatic rings. The first-order valence-corrected chi connectivity index (χ1v) is 5.79. The third-order valence-corrected chi connectivity index (χ3v) is 2.56. The molecule has 12 heavy (non-hydrogen) atoms. The first-order chi connectivity index (χ1) is 5.70. The van der Waals surface area contributed by atoms with E-state index in [1.807, 2.05) is 0 Å². The lowest BCUT2D eigenvalue weighted by Crippen LogP contribution is -2.01. The Bertz CT molecular complexity index is 130. The number of rotatable bonds is 6. The maximum atomic E-state index is 5.04. The van der Waals surface area contributed by atoms with E-state index < -0.39 is 0 Å². The number of hydrogen-bond acceptors (Lipinski definition) is 1. The molecule has 0 aliphatic carbocycles. The van der Waals surface area contributed by atoms with Crippen molar-refractivity contribution < 1.29 is 4.74 Å². The van der Waals surface area contributed by atoms with E-state index in [1.165, 1.54) is 6.42 Å². The third-order valence-electron chi connectivity index (χ3n) is 1.91. The molecule has 0 radical (unpaired) electrons. The van der Waals surface area contributed by atoms with Crippen LogP contribution in [0, 0.1) is 5.92 Å². The molecule has 1 atom stereocenters. The zero-order chi connectivity index (χ0) is 9.40. The molecule has 0 aliphatic rings. The molecule has 3 heteroatoms. The van der Waals surface area contributed by atoms with Gasteiger partial charge >= 0.3 is 0 Å². The largest absolute Gasteiger partial charge is 0.385 e. The van der Waals surface area contributed by atoms with Crippen molar-refractivity contribution in [1.82, 2.24) is 0 Å². The van der Waals surface area contributed by atoms with Gasteiger partial charge in [-0.2, -0.15) is 0 Å². The van der Waals surface area contributed by atoms with Crippen LogP contribution in [-0.4, -0.2) is 13.7 Å². The molecule has 0 heterocycles. The van der Waals surface area contributed by atoms with E-state index in [9.17, 15) is 0 Å². The van der Waals surface area contributed by atoms with Crippen molar-refractivity contribution in [3.05, 3.63) is 9.47 Å². The van der Waals surface area contributed by atoms with Crippen molar-refractivity contribution in [2.24, 2.45) is 5.92 Å². The summed E-state index contributed by atoms with van der Waals surface area (Å²) in [5.74, 6) is 0.745. The minimum absolute atomic E-state index is 0.745. The van der Waals surface area contributed by atoms with Crippen molar-refractivity contribution in [3.63, 3.8) is 0 Å². The average Bonchev–Trinajstić information content (AvgIpc) is 2.05. The molecule has 0 aromatic heterocycles. The smallest absolute Gasteiger partial charge is 0.0564 e. The van der Waals surface area contributed by atoms with Crippen LogP contribution in [0.15, 0.2) is 9.47 Å². The van der Waals surface area contributed by atoms with Crippen LogP contribution in [0.5, 0.6) is 0 Å². The molecule has 0 aliphatic heterocycles. The number of hydrogen-bond donors (Lipinski definition) is 0. The first-order valence-electron chi connectivity index (χ1n) is 4.20. The lowest BCUT2D eigenvalue weighted by Gasteiger charge is -2.10. The summed E-state index contributed by atoms with van der Waals surface area (Å²) in [7, 11) is 1.75. The summed E-state index contributed by atoms with van der Waals surface area (Å²) in [6.45, 7) is 3.09. The van der Waals surface area contributed by atoms with E-state index in [0.717, 1.165) is 28.8 Å². The van der Waals surface area contributed by atoms with Crippen LogP contribution in [0.3, 0.4) is 0 Å². The summed E-state index contributed by atoms with van der Waals surface area (Å²) in [5.41, 5.74) is 0. The highest BCUT2D eigenvalue weighted by Crippen LogP contribution is 2.19. The van der Waals surface area contributed by atoms with Gasteiger partial charge in [-0.3, -0.25) is 0 Å². The molecular weight excluding hydrogens is 284 g/mol. The van der Waals surface area contributed by atoms with Gasteiger partial charge in [0.15, 0.2) is 0 Å². The Morgan fingerprint density at radius 2 is 2.17 bits per heavy atom. The Balaban J connectivity index is 3.60. The van der Waals surface area contributed by atoms with Crippen LogP contribution in [0.4, 0.5) is 0 Å². The molecule has 0 aromatic carbocycles. The number of methoxy groups -OCH3 is 1. The zero-order valence-corrected chi connectivity index (χ0v) is 10.8. The van der Waals surface area contributed by atoms with Crippen LogP contribution in [-0.2, 0) is 4.74 Å². The van der Waals surface area contributed by atoms with E-state index in [1.54, 1.807) is 7.11 Å². The summed E-state index contributed by atoms with van der Waals surface area (Å²) in [5, 5.41) is 0. The molecule has 0 N–H and O–H groups in total. The first kappa shape index (κ1) is 12.7. The fourth-order valence-electron chi connectivity index (χ4n) is 1.03. The second-order valence-electron chi connectivity index (χ2n) is 2.79. The standard InChI is InChI=1S/C9H16Br2O/c1-3-8(6-7-12-2)4-5-9(10)11/h5,8H,3-4,6-7H2,1-2H3. The molecule has 0 saturated heterocycles. The fourth-order valence-corrected chi connectivity index (χ4v) is 1.40. The van der Waals surface area contributed by atoms with E-state index >= 15 is 0 Å². The Morgan fingerprint density at radius 1 is 1.50 bits per heavy atom. The van der Waals surface area contributed by atoms with Gasteiger partial charge in [0.05, 0.1) is 3.39 Å². The van der Waals surface area contributed by atoms with Crippen molar-refractivity contribution in [1.29, 1.82) is 0 Å². The summed E-state index contributed by atoms with van der Waals surface area (Å²) >= 11 is 6.69. The molecule has 0 amide bonds. The molecular formula is C9H16Br2O. The predicted octanol–water partition coefficient (Wildman–Crippen LogP) is 4.07. The van der Waals surface area contributed by atoms with Crippen molar-refractivity contribution >= 4 is 31.9 Å². The Hall–Kier alpha value is 0.660. The van der Waals surface area contributed by atoms with Gasteiger partial charge in [0.25, 0.3) is 0 Å². The summed E-state index contributed by atoms with van der Waals surface area (Å²) in [6.07, 6.45) is 5.64. The highest BCUT2D eigenvalue weighted by atomic mass is 79.9. The predicted molar refractivity (Wildman–Crippen MR) is 60.8 cm³/mol. The maximum Gasteiger partial charge on any atom is 0.0564 e. The molecule has 0 spiro atoms.